The summed E-state index contributed by atoms with van der Waals surface area (Å²) in [5, 5.41) is 15.8. The number of fused-ring (bicyclic) bond motifs is 1. The fourth-order valence-corrected chi connectivity index (χ4v) is 3.76. The number of carbonyl (C=O) groups excluding carboxylic acids is 2. The van der Waals surface area contributed by atoms with Crippen molar-refractivity contribution in [1.82, 2.24) is 10.6 Å². The average Bonchev–Trinajstić information content (AvgIpc) is 2.71. The van der Waals surface area contributed by atoms with Gasteiger partial charge in [-0.1, -0.05) is 24.3 Å². The molecule has 3 aromatic rings. The summed E-state index contributed by atoms with van der Waals surface area (Å²) in [7, 11) is 0. The first-order valence-electron chi connectivity index (χ1n) is 9.09. The molecule has 4 rings (SSSR count). The average molecular weight is 514 g/mol. The topological polar surface area (TPSA) is 78.4 Å². The van der Waals surface area contributed by atoms with E-state index in [2.05, 4.69) is 33.2 Å². The predicted molar refractivity (Wildman–Crippen MR) is 120 cm³/mol. The molecule has 1 aliphatic rings. The first-order chi connectivity index (χ1) is 14.4. The predicted octanol–water partition coefficient (Wildman–Crippen LogP) is 4.20. The van der Waals surface area contributed by atoms with Crippen LogP contribution in [0.15, 0.2) is 66.9 Å². The second-order valence-corrected chi connectivity index (χ2v) is 8.02. The maximum Gasteiger partial charge on any atom is 0.260 e. The number of aromatic hydroxyl groups is 1. The summed E-state index contributed by atoms with van der Waals surface area (Å²) in [4.78, 5) is 24.3. The summed E-state index contributed by atoms with van der Waals surface area (Å²) >= 11 is 2.13. The van der Waals surface area contributed by atoms with Crippen molar-refractivity contribution in [1.29, 1.82) is 0 Å². The minimum absolute atomic E-state index is 0.0782. The number of amides is 2. The van der Waals surface area contributed by atoms with Crippen molar-refractivity contribution in [2.75, 3.05) is 0 Å². The summed E-state index contributed by atoms with van der Waals surface area (Å²) in [5.41, 5.74) is 3.51. The molecule has 0 spiro atoms. The van der Waals surface area contributed by atoms with Gasteiger partial charge in [-0.2, -0.15) is 0 Å². The molecule has 0 fully saturated rings. The third-order valence-electron chi connectivity index (χ3n) is 4.76. The van der Waals surface area contributed by atoms with Crippen LogP contribution in [-0.4, -0.2) is 16.9 Å². The molecule has 0 atom stereocenters. The minimum atomic E-state index is -0.462. The van der Waals surface area contributed by atoms with Gasteiger partial charge in [0.25, 0.3) is 11.8 Å². The molecule has 0 unspecified atom stereocenters. The lowest BCUT2D eigenvalue weighted by atomic mass is 9.95. The fraction of sp³-hybridized carbons (Fsp3) is 0.0435. The third-order valence-corrected chi connectivity index (χ3v) is 5.43. The highest BCUT2D eigenvalue weighted by atomic mass is 127. The van der Waals surface area contributed by atoms with Gasteiger partial charge < -0.3 is 10.4 Å². The highest BCUT2D eigenvalue weighted by Gasteiger charge is 2.27. The van der Waals surface area contributed by atoms with Gasteiger partial charge in [0.2, 0.25) is 0 Å². The molecule has 150 valence electrons. The lowest BCUT2D eigenvalue weighted by Crippen LogP contribution is -2.37. The van der Waals surface area contributed by atoms with E-state index in [0.29, 0.717) is 34.4 Å². The maximum atomic E-state index is 13.1. The number of halogens is 2. The highest BCUT2D eigenvalue weighted by molar-refractivity contribution is 14.1. The van der Waals surface area contributed by atoms with Gasteiger partial charge in [0, 0.05) is 33.0 Å². The number of benzene rings is 3. The number of imide groups is 1. The SMILES string of the molecule is O=C1NC(=O)c2ccc(I)cc2/C1=C/NCc1ccc(-c2ccc(F)cc2)c(O)c1. The molecule has 0 saturated heterocycles. The van der Waals surface area contributed by atoms with E-state index in [9.17, 15) is 19.1 Å². The van der Waals surface area contributed by atoms with Gasteiger partial charge in [-0.05, 0) is 70.1 Å². The van der Waals surface area contributed by atoms with E-state index in [-0.39, 0.29) is 11.6 Å². The van der Waals surface area contributed by atoms with Gasteiger partial charge in [0.05, 0.1) is 5.57 Å². The summed E-state index contributed by atoms with van der Waals surface area (Å²) in [6.07, 6.45) is 1.57. The van der Waals surface area contributed by atoms with E-state index >= 15 is 0 Å². The zero-order valence-electron chi connectivity index (χ0n) is 15.6. The normalized spacial score (nSPS) is 14.4. The van der Waals surface area contributed by atoms with Crippen LogP contribution in [-0.2, 0) is 11.3 Å². The van der Waals surface area contributed by atoms with Crippen LogP contribution in [0.2, 0.25) is 0 Å². The highest BCUT2D eigenvalue weighted by Crippen LogP contribution is 2.30. The van der Waals surface area contributed by atoms with Crippen LogP contribution in [0.5, 0.6) is 5.75 Å². The van der Waals surface area contributed by atoms with E-state index in [0.717, 1.165) is 9.13 Å². The molecule has 0 bridgehead atoms. The molecular formula is C23H16FIN2O3. The molecule has 2 amide bonds. The Kier molecular flexibility index (Phi) is 5.54. The number of carbonyl (C=O) groups is 2. The summed E-state index contributed by atoms with van der Waals surface area (Å²) in [6, 6.07) is 16.4. The standard InChI is InChI=1S/C23H16FIN2O3/c24-15-4-2-14(3-5-15)17-7-1-13(9-21(17)28)11-26-12-20-19-10-16(25)6-8-18(19)22(29)27-23(20)30/h1-10,12,26,28H,11H2,(H,27,29,30)/b20-12-. The molecule has 1 aliphatic heterocycles. The Hall–Kier alpha value is -3.20. The second-order valence-electron chi connectivity index (χ2n) is 6.77. The van der Waals surface area contributed by atoms with E-state index in [4.69, 9.17) is 0 Å². The molecule has 5 nitrogen and oxygen atoms in total. The van der Waals surface area contributed by atoms with Crippen LogP contribution in [0.3, 0.4) is 0 Å². The van der Waals surface area contributed by atoms with Crippen molar-refractivity contribution in [2.45, 2.75) is 6.54 Å². The van der Waals surface area contributed by atoms with Gasteiger partial charge in [0.15, 0.2) is 0 Å². The minimum Gasteiger partial charge on any atom is -0.507 e. The molecule has 0 aliphatic carbocycles. The van der Waals surface area contributed by atoms with Crippen LogP contribution >= 0.6 is 22.6 Å². The Bertz CT molecular complexity index is 1190. The third kappa shape index (κ3) is 4.06. The number of hydrogen-bond acceptors (Lipinski definition) is 4. The van der Waals surface area contributed by atoms with E-state index in [1.807, 2.05) is 12.1 Å². The second kappa shape index (κ2) is 8.27. The molecule has 30 heavy (non-hydrogen) atoms. The van der Waals surface area contributed by atoms with E-state index in [1.165, 1.54) is 12.1 Å². The van der Waals surface area contributed by atoms with Crippen molar-refractivity contribution in [3.8, 4) is 16.9 Å². The number of rotatable bonds is 4. The number of phenolic OH excluding ortho intramolecular Hbond substituents is 1. The molecule has 7 heteroatoms. The maximum absolute atomic E-state index is 13.1. The zero-order valence-corrected chi connectivity index (χ0v) is 17.7. The van der Waals surface area contributed by atoms with Gasteiger partial charge in [-0.25, -0.2) is 4.39 Å². The lowest BCUT2D eigenvalue weighted by Gasteiger charge is -2.18. The van der Waals surface area contributed by atoms with Crippen LogP contribution in [0.25, 0.3) is 16.7 Å². The Balaban J connectivity index is 1.53. The Labute approximate surface area is 185 Å². The van der Waals surface area contributed by atoms with Crippen molar-refractivity contribution in [2.24, 2.45) is 0 Å². The molecule has 0 aromatic heterocycles. The van der Waals surface area contributed by atoms with Crippen LogP contribution in [0, 0.1) is 9.39 Å². The lowest BCUT2D eigenvalue weighted by molar-refractivity contribution is -0.114. The van der Waals surface area contributed by atoms with Gasteiger partial charge in [-0.15, -0.1) is 0 Å². The van der Waals surface area contributed by atoms with Crippen LogP contribution in [0.4, 0.5) is 4.39 Å². The fourth-order valence-electron chi connectivity index (χ4n) is 3.27. The first kappa shape index (κ1) is 20.1. The van der Waals surface area contributed by atoms with Crippen molar-refractivity contribution in [3.63, 3.8) is 0 Å². The zero-order chi connectivity index (χ0) is 21.3. The summed E-state index contributed by atoms with van der Waals surface area (Å²) < 4.78 is 14.0. The molecule has 3 aromatic carbocycles. The molecule has 3 N–H and O–H groups in total. The monoisotopic (exact) mass is 514 g/mol. The van der Waals surface area contributed by atoms with Crippen LogP contribution in [0.1, 0.15) is 21.5 Å². The quantitative estimate of drug-likeness (QED) is 0.277. The Morgan fingerprint density at radius 1 is 0.933 bits per heavy atom. The van der Waals surface area contributed by atoms with E-state index in [1.54, 1.807) is 42.6 Å². The smallest absolute Gasteiger partial charge is 0.260 e. The van der Waals surface area contributed by atoms with Gasteiger partial charge >= 0.3 is 0 Å². The van der Waals surface area contributed by atoms with Gasteiger partial charge in [0.1, 0.15) is 11.6 Å². The largest absolute Gasteiger partial charge is 0.507 e. The number of nitrogens with one attached hydrogen (secondary N) is 2. The van der Waals surface area contributed by atoms with Crippen molar-refractivity contribution >= 4 is 40.0 Å². The van der Waals surface area contributed by atoms with Crippen molar-refractivity contribution in [3.05, 3.63) is 92.9 Å². The number of phenols is 1. The van der Waals surface area contributed by atoms with E-state index < -0.39 is 11.8 Å². The Morgan fingerprint density at radius 3 is 2.40 bits per heavy atom. The molecular weight excluding hydrogens is 498 g/mol. The molecule has 0 radical (unpaired) electrons. The number of hydrogen-bond donors (Lipinski definition) is 3. The van der Waals surface area contributed by atoms with Crippen molar-refractivity contribution < 1.29 is 19.1 Å². The summed E-state index contributed by atoms with van der Waals surface area (Å²) in [6.45, 7) is 0.362. The van der Waals surface area contributed by atoms with Crippen LogP contribution < -0.4 is 10.6 Å². The molecule has 0 saturated carbocycles. The molecule has 1 heterocycles. The first-order valence-corrected chi connectivity index (χ1v) is 10.2. The van der Waals surface area contributed by atoms with Gasteiger partial charge in [-0.3, -0.25) is 14.9 Å². The summed E-state index contributed by atoms with van der Waals surface area (Å²) in [5.74, 6) is -1.13. The Morgan fingerprint density at radius 2 is 1.67 bits per heavy atom.